The average Bonchev–Trinajstić information content (AvgIpc) is 2.44. The van der Waals surface area contributed by atoms with E-state index in [1.165, 1.54) is 84.0 Å². The van der Waals surface area contributed by atoms with Gasteiger partial charge in [-0.15, -0.1) is 0 Å². The summed E-state index contributed by atoms with van der Waals surface area (Å²) in [6.45, 7) is 3.65. The van der Waals surface area contributed by atoms with Crippen LogP contribution in [-0.4, -0.2) is 18.1 Å². The maximum atomic E-state index is 9.82. The first-order chi connectivity index (χ1) is 8.77. The molecule has 0 heterocycles. The molecule has 2 aliphatic carbocycles. The van der Waals surface area contributed by atoms with Gasteiger partial charge in [0.1, 0.15) is 0 Å². The third-order valence-corrected chi connectivity index (χ3v) is 3.35. The average molecular weight is 274 g/mol. The fraction of sp³-hybridized carbons (Fsp3) is 0.938. The maximum absolute atomic E-state index is 9.82. The Bertz CT molecular complexity index is 138. The predicted octanol–water partition coefficient (Wildman–Crippen LogP) is 4.43. The molecular weight excluding hydrogens is 240 g/mol. The second kappa shape index (κ2) is 17.4. The van der Waals surface area contributed by atoms with Crippen LogP contribution in [0.5, 0.6) is 0 Å². The molecule has 0 bridgehead atoms. The molecule has 2 rings (SSSR count). The van der Waals surface area contributed by atoms with E-state index < -0.39 is 0 Å². The second-order valence-corrected chi connectivity index (χ2v) is 5.17. The molecule has 0 unspecified atom stereocenters. The number of carbonyl (C=O) groups excluding carboxylic acids is 1. The minimum absolute atomic E-state index is 0. The van der Waals surface area contributed by atoms with Gasteiger partial charge in [-0.1, -0.05) is 77.0 Å². The molecule has 0 atom stereocenters. The van der Waals surface area contributed by atoms with Crippen molar-refractivity contribution < 1.29 is 15.0 Å². The van der Waals surface area contributed by atoms with Crippen LogP contribution in [0.3, 0.4) is 0 Å². The van der Waals surface area contributed by atoms with E-state index in [0.717, 1.165) is 0 Å². The standard InChI is InChI=1S/2C6H12.C4H8O2.H2O/c2*1-2-4-6-5-3-1;1-3-6-4(2)5;/h2*1-6H2;3H2,1-2H3;1H2. The lowest BCUT2D eigenvalue weighted by atomic mass is 10.0. The van der Waals surface area contributed by atoms with Gasteiger partial charge >= 0.3 is 5.97 Å². The summed E-state index contributed by atoms with van der Waals surface area (Å²) >= 11 is 0. The lowest BCUT2D eigenvalue weighted by molar-refractivity contribution is -0.140. The van der Waals surface area contributed by atoms with Gasteiger partial charge in [-0.05, 0) is 6.92 Å². The van der Waals surface area contributed by atoms with Crippen molar-refractivity contribution in [3.63, 3.8) is 0 Å². The normalized spacial score (nSPS) is 17.6. The largest absolute Gasteiger partial charge is 0.466 e. The molecule has 0 aromatic rings. The van der Waals surface area contributed by atoms with Crippen molar-refractivity contribution in [1.29, 1.82) is 0 Å². The van der Waals surface area contributed by atoms with Gasteiger partial charge in [0.05, 0.1) is 6.61 Å². The van der Waals surface area contributed by atoms with Crippen molar-refractivity contribution in [2.45, 2.75) is 90.9 Å². The highest BCUT2D eigenvalue weighted by Gasteiger charge is 1.96. The van der Waals surface area contributed by atoms with Gasteiger partial charge in [-0.25, -0.2) is 0 Å². The monoisotopic (exact) mass is 274 g/mol. The van der Waals surface area contributed by atoms with E-state index in [2.05, 4.69) is 4.74 Å². The van der Waals surface area contributed by atoms with E-state index in [1.807, 2.05) is 0 Å². The molecule has 0 aliphatic heterocycles. The Labute approximate surface area is 119 Å². The van der Waals surface area contributed by atoms with E-state index in [0.29, 0.717) is 6.61 Å². The number of hydrogen-bond donors (Lipinski definition) is 0. The fourth-order valence-corrected chi connectivity index (χ4v) is 2.32. The quantitative estimate of drug-likeness (QED) is 0.664. The van der Waals surface area contributed by atoms with Gasteiger partial charge in [0.25, 0.3) is 0 Å². The molecule has 2 aliphatic rings. The molecule has 116 valence electrons. The second-order valence-electron chi connectivity index (χ2n) is 5.17. The molecule has 2 fully saturated rings. The van der Waals surface area contributed by atoms with Gasteiger partial charge in [0.15, 0.2) is 0 Å². The Kier molecular flexibility index (Phi) is 19.0. The van der Waals surface area contributed by atoms with Crippen LogP contribution in [0, 0.1) is 0 Å². The van der Waals surface area contributed by atoms with Crippen molar-refractivity contribution in [2.75, 3.05) is 6.61 Å². The van der Waals surface area contributed by atoms with Crippen LogP contribution < -0.4 is 0 Å². The molecule has 0 spiro atoms. The van der Waals surface area contributed by atoms with Gasteiger partial charge < -0.3 is 10.2 Å². The van der Waals surface area contributed by atoms with Crippen LogP contribution in [-0.2, 0) is 9.53 Å². The van der Waals surface area contributed by atoms with Crippen molar-refractivity contribution in [1.82, 2.24) is 0 Å². The Morgan fingerprint density at radius 2 is 0.947 bits per heavy atom. The van der Waals surface area contributed by atoms with Crippen molar-refractivity contribution in [3.05, 3.63) is 0 Å². The van der Waals surface area contributed by atoms with E-state index in [-0.39, 0.29) is 11.4 Å². The summed E-state index contributed by atoms with van der Waals surface area (Å²) in [6, 6.07) is 0. The van der Waals surface area contributed by atoms with Crippen LogP contribution in [0.2, 0.25) is 0 Å². The summed E-state index contributed by atoms with van der Waals surface area (Å²) in [4.78, 5) is 9.82. The zero-order valence-electron chi connectivity index (χ0n) is 13.0. The maximum Gasteiger partial charge on any atom is 0.302 e. The number of ether oxygens (including phenoxy) is 1. The zero-order chi connectivity index (χ0) is 13.5. The molecule has 0 aromatic carbocycles. The summed E-state index contributed by atoms with van der Waals surface area (Å²) in [7, 11) is 0. The Hall–Kier alpha value is -0.570. The zero-order valence-corrected chi connectivity index (χ0v) is 13.0. The van der Waals surface area contributed by atoms with Gasteiger partial charge in [-0.2, -0.15) is 0 Å². The van der Waals surface area contributed by atoms with Crippen LogP contribution in [0.15, 0.2) is 0 Å². The highest BCUT2D eigenvalue weighted by atomic mass is 16.5. The van der Waals surface area contributed by atoms with Crippen molar-refractivity contribution >= 4 is 5.97 Å². The minimum Gasteiger partial charge on any atom is -0.466 e. The summed E-state index contributed by atoms with van der Waals surface area (Å²) in [5.41, 5.74) is 0. The first-order valence-corrected chi connectivity index (χ1v) is 7.90. The molecule has 19 heavy (non-hydrogen) atoms. The topological polar surface area (TPSA) is 57.8 Å². The minimum atomic E-state index is -0.211. The van der Waals surface area contributed by atoms with Crippen LogP contribution >= 0.6 is 0 Å². The summed E-state index contributed by atoms with van der Waals surface area (Å²) in [5.74, 6) is -0.211. The van der Waals surface area contributed by atoms with Crippen LogP contribution in [0.1, 0.15) is 90.9 Å². The molecule has 3 nitrogen and oxygen atoms in total. The molecule has 0 aromatic heterocycles. The van der Waals surface area contributed by atoms with Crippen molar-refractivity contribution in [3.8, 4) is 0 Å². The summed E-state index contributed by atoms with van der Waals surface area (Å²) < 4.78 is 4.40. The number of carbonyl (C=O) groups is 1. The molecule has 0 radical (unpaired) electrons. The fourth-order valence-electron chi connectivity index (χ4n) is 2.32. The van der Waals surface area contributed by atoms with Gasteiger partial charge in [0, 0.05) is 6.92 Å². The van der Waals surface area contributed by atoms with Crippen molar-refractivity contribution in [2.24, 2.45) is 0 Å². The van der Waals surface area contributed by atoms with E-state index in [9.17, 15) is 4.79 Å². The number of rotatable bonds is 1. The lowest BCUT2D eigenvalue weighted by Crippen LogP contribution is -1.95. The van der Waals surface area contributed by atoms with Gasteiger partial charge in [0.2, 0.25) is 0 Å². The molecular formula is C16H34O3. The molecule has 3 heteroatoms. The Morgan fingerprint density at radius 1 is 0.737 bits per heavy atom. The lowest BCUT2D eigenvalue weighted by Gasteiger charge is -2.05. The highest BCUT2D eigenvalue weighted by molar-refractivity contribution is 5.65. The summed E-state index contributed by atoms with van der Waals surface area (Å²) in [5, 5.41) is 0. The van der Waals surface area contributed by atoms with Crippen LogP contribution in [0.4, 0.5) is 0 Å². The third-order valence-electron chi connectivity index (χ3n) is 3.35. The third kappa shape index (κ3) is 19.9. The Morgan fingerprint density at radius 3 is 1.00 bits per heavy atom. The highest BCUT2D eigenvalue weighted by Crippen LogP contribution is 2.15. The first kappa shape index (κ1) is 20.7. The molecule has 2 saturated carbocycles. The van der Waals surface area contributed by atoms with Crippen LogP contribution in [0.25, 0.3) is 0 Å². The SMILES string of the molecule is C1CCCCC1.C1CCCCC1.CCOC(C)=O.O. The smallest absolute Gasteiger partial charge is 0.302 e. The first-order valence-electron chi connectivity index (χ1n) is 7.90. The van der Waals surface area contributed by atoms with E-state index in [1.54, 1.807) is 6.92 Å². The summed E-state index contributed by atoms with van der Waals surface area (Å²) in [6.07, 6.45) is 18.0. The Balaban J connectivity index is 0. The molecule has 2 N–H and O–H groups in total. The number of esters is 1. The predicted molar refractivity (Wildman–Crippen MR) is 81.3 cm³/mol. The van der Waals surface area contributed by atoms with E-state index >= 15 is 0 Å². The van der Waals surface area contributed by atoms with Gasteiger partial charge in [-0.3, -0.25) is 4.79 Å². The molecule has 0 saturated heterocycles. The molecule has 0 amide bonds. The number of hydrogen-bond acceptors (Lipinski definition) is 2. The van der Waals surface area contributed by atoms with E-state index in [4.69, 9.17) is 0 Å².